The summed E-state index contributed by atoms with van der Waals surface area (Å²) in [5, 5.41) is 0. The van der Waals surface area contributed by atoms with Crippen LogP contribution in [0.1, 0.15) is 0 Å². The van der Waals surface area contributed by atoms with Gasteiger partial charge in [-0.3, -0.25) is 4.79 Å². The summed E-state index contributed by atoms with van der Waals surface area (Å²) in [6, 6.07) is 7.94. The minimum absolute atomic E-state index is 0.0386. The molecule has 0 aliphatic carbocycles. The highest BCUT2D eigenvalue weighted by molar-refractivity contribution is 7.62. The first kappa shape index (κ1) is 11.1. The molecule has 0 fully saturated rings. The Balaban J connectivity index is 0.000000167. The molecule has 7 heteroatoms. The third-order valence-corrected chi connectivity index (χ3v) is 1.72. The molecule has 1 amide bonds. The maximum Gasteiger partial charge on any atom is 0.318 e. The third-order valence-electron chi connectivity index (χ3n) is 1.46. The van der Waals surface area contributed by atoms with Crippen molar-refractivity contribution in [1.82, 2.24) is 9.97 Å². The van der Waals surface area contributed by atoms with E-state index in [1.807, 2.05) is 24.3 Å². The van der Waals surface area contributed by atoms with Gasteiger partial charge in [-0.15, -0.1) is 0 Å². The quantitative estimate of drug-likeness (QED) is 0.725. The Labute approximate surface area is 86.7 Å². The van der Waals surface area contributed by atoms with Crippen LogP contribution in [0.25, 0.3) is 11.0 Å². The topological polar surface area (TPSA) is 92.2 Å². The van der Waals surface area contributed by atoms with Gasteiger partial charge in [0.15, 0.2) is 0 Å². The minimum Gasteiger partial charge on any atom is -0.345 e. The van der Waals surface area contributed by atoms with E-state index in [9.17, 15) is 8.42 Å². The number of rotatable bonds is 1. The average Bonchev–Trinajstić information content (AvgIpc) is 2.65. The third kappa shape index (κ3) is 3.69. The second-order valence-corrected chi connectivity index (χ2v) is 2.99. The number of hydrogen-bond acceptors (Lipinski definition) is 4. The SMILES string of the molecule is O=CN=S(=O)=O.c1ccc2[nH]cnc2c1. The molecule has 0 aliphatic heterocycles. The average molecular weight is 225 g/mol. The lowest BCUT2D eigenvalue weighted by Crippen LogP contribution is -1.63. The zero-order chi connectivity index (χ0) is 11.1. The standard InChI is InChI=1S/C7H6N2.CHNO3S/c1-2-4-7-6(3-1)8-5-9-7;3-1-2-6(4)5/h1-5H,(H,8,9);1H. The Bertz CT molecular complexity index is 535. The van der Waals surface area contributed by atoms with E-state index in [1.165, 1.54) is 0 Å². The summed E-state index contributed by atoms with van der Waals surface area (Å²) >= 11 is 0. The Morgan fingerprint density at radius 2 is 2.07 bits per heavy atom. The van der Waals surface area contributed by atoms with Gasteiger partial charge in [-0.2, -0.15) is 8.42 Å². The van der Waals surface area contributed by atoms with E-state index >= 15 is 0 Å². The zero-order valence-electron chi connectivity index (χ0n) is 7.49. The van der Waals surface area contributed by atoms with Gasteiger partial charge in [0.05, 0.1) is 17.4 Å². The molecule has 1 aromatic heterocycles. The first-order valence-corrected chi connectivity index (χ1v) is 4.89. The fraction of sp³-hybridized carbons (Fsp3) is 0. The predicted octanol–water partition coefficient (Wildman–Crippen LogP) is 0.768. The van der Waals surface area contributed by atoms with Crippen molar-refractivity contribution < 1.29 is 13.2 Å². The molecule has 1 N–H and O–H groups in total. The van der Waals surface area contributed by atoms with Crippen molar-refractivity contribution in [3.8, 4) is 0 Å². The Morgan fingerprint density at radius 1 is 1.33 bits per heavy atom. The molecule has 6 nitrogen and oxygen atoms in total. The van der Waals surface area contributed by atoms with Crippen LogP contribution in [0.5, 0.6) is 0 Å². The molecule has 1 aromatic carbocycles. The number of para-hydroxylation sites is 2. The van der Waals surface area contributed by atoms with Crippen molar-refractivity contribution >= 4 is 27.9 Å². The first-order chi connectivity index (χ1) is 7.24. The number of aromatic amines is 1. The molecule has 1 heterocycles. The molecular weight excluding hydrogens is 218 g/mol. The van der Waals surface area contributed by atoms with E-state index in [1.54, 1.807) is 6.33 Å². The monoisotopic (exact) mass is 225 g/mol. The summed E-state index contributed by atoms with van der Waals surface area (Å²) in [4.78, 5) is 16.1. The van der Waals surface area contributed by atoms with Crippen LogP contribution in [0.15, 0.2) is 35.0 Å². The van der Waals surface area contributed by atoms with Gasteiger partial charge in [-0.05, 0) is 12.1 Å². The molecular formula is C8H7N3O3S. The molecule has 2 aromatic rings. The van der Waals surface area contributed by atoms with Gasteiger partial charge in [0.25, 0.3) is 0 Å². The normalized spacial score (nSPS) is 8.80. The van der Waals surface area contributed by atoms with E-state index in [0.29, 0.717) is 0 Å². The molecule has 0 spiro atoms. The fourth-order valence-electron chi connectivity index (χ4n) is 0.915. The van der Waals surface area contributed by atoms with Crippen molar-refractivity contribution in [3.63, 3.8) is 0 Å². The Kier molecular flexibility index (Phi) is 4.17. The number of carbonyl (C=O) groups excluding carboxylic acids is 1. The van der Waals surface area contributed by atoms with Crippen LogP contribution >= 0.6 is 0 Å². The highest BCUT2D eigenvalue weighted by atomic mass is 32.2. The molecule has 0 bridgehead atoms. The molecule has 0 atom stereocenters. The molecule has 0 saturated heterocycles. The molecule has 0 unspecified atom stereocenters. The lowest BCUT2D eigenvalue weighted by molar-refractivity contribution is -0.106. The summed E-state index contributed by atoms with van der Waals surface area (Å²) in [5.74, 6) is 0. The molecule has 0 aliphatic rings. The smallest absolute Gasteiger partial charge is 0.318 e. The Morgan fingerprint density at radius 3 is 2.60 bits per heavy atom. The number of hydrogen-bond donors (Lipinski definition) is 1. The molecule has 0 radical (unpaired) electrons. The molecule has 0 saturated carbocycles. The van der Waals surface area contributed by atoms with Gasteiger partial charge in [0.1, 0.15) is 0 Å². The second kappa shape index (κ2) is 5.66. The predicted molar refractivity (Wildman–Crippen MR) is 53.5 cm³/mol. The van der Waals surface area contributed by atoms with Crippen LogP contribution < -0.4 is 0 Å². The summed E-state index contributed by atoms with van der Waals surface area (Å²) in [7, 11) is -2.56. The van der Waals surface area contributed by atoms with Gasteiger partial charge in [0, 0.05) is 0 Å². The van der Waals surface area contributed by atoms with Crippen molar-refractivity contribution in [3.05, 3.63) is 30.6 Å². The molecule has 15 heavy (non-hydrogen) atoms. The van der Waals surface area contributed by atoms with Gasteiger partial charge >= 0.3 is 10.5 Å². The largest absolute Gasteiger partial charge is 0.345 e. The number of carbonyl (C=O) groups is 1. The zero-order valence-corrected chi connectivity index (χ0v) is 8.31. The van der Waals surface area contributed by atoms with Gasteiger partial charge in [-0.1, -0.05) is 16.5 Å². The van der Waals surface area contributed by atoms with Crippen LogP contribution in [0.3, 0.4) is 0 Å². The minimum atomic E-state index is -2.56. The van der Waals surface area contributed by atoms with Gasteiger partial charge < -0.3 is 4.98 Å². The summed E-state index contributed by atoms with van der Waals surface area (Å²) in [6.07, 6.45) is 1.66. The van der Waals surface area contributed by atoms with Crippen LogP contribution in [-0.2, 0) is 15.3 Å². The highest BCUT2D eigenvalue weighted by Gasteiger charge is 1.88. The summed E-state index contributed by atoms with van der Waals surface area (Å²) < 4.78 is 20.8. The number of aromatic nitrogens is 2. The van der Waals surface area contributed by atoms with Crippen LogP contribution in [0, 0.1) is 0 Å². The Hall–Kier alpha value is -2.02. The number of amides is 1. The maximum atomic E-state index is 9.20. The van der Waals surface area contributed by atoms with E-state index in [-0.39, 0.29) is 6.41 Å². The van der Waals surface area contributed by atoms with E-state index in [4.69, 9.17) is 4.79 Å². The number of benzene rings is 1. The lowest BCUT2D eigenvalue weighted by Gasteiger charge is -1.81. The second-order valence-electron chi connectivity index (χ2n) is 2.35. The van der Waals surface area contributed by atoms with Crippen molar-refractivity contribution in [2.45, 2.75) is 0 Å². The van der Waals surface area contributed by atoms with E-state index in [0.717, 1.165) is 11.0 Å². The van der Waals surface area contributed by atoms with Crippen LogP contribution in [0.2, 0.25) is 0 Å². The highest BCUT2D eigenvalue weighted by Crippen LogP contribution is 2.05. The van der Waals surface area contributed by atoms with Crippen molar-refractivity contribution in [2.24, 2.45) is 4.36 Å². The van der Waals surface area contributed by atoms with E-state index in [2.05, 4.69) is 14.3 Å². The van der Waals surface area contributed by atoms with Crippen molar-refractivity contribution in [1.29, 1.82) is 0 Å². The maximum absolute atomic E-state index is 9.20. The van der Waals surface area contributed by atoms with Gasteiger partial charge in [-0.25, -0.2) is 4.98 Å². The number of imidazole rings is 1. The van der Waals surface area contributed by atoms with Gasteiger partial charge in [0.2, 0.25) is 6.41 Å². The summed E-state index contributed by atoms with van der Waals surface area (Å²) in [6.45, 7) is 0. The van der Waals surface area contributed by atoms with Crippen molar-refractivity contribution in [2.75, 3.05) is 0 Å². The summed E-state index contributed by atoms with van der Waals surface area (Å²) in [5.41, 5.74) is 2.12. The van der Waals surface area contributed by atoms with Crippen LogP contribution in [0.4, 0.5) is 0 Å². The van der Waals surface area contributed by atoms with Crippen LogP contribution in [-0.4, -0.2) is 24.8 Å². The lowest BCUT2D eigenvalue weighted by atomic mass is 10.3. The number of fused-ring (bicyclic) bond motifs is 1. The number of nitrogens with zero attached hydrogens (tertiary/aromatic N) is 2. The van der Waals surface area contributed by atoms with E-state index < -0.39 is 10.5 Å². The number of H-pyrrole nitrogens is 1. The molecule has 78 valence electrons. The molecule has 2 rings (SSSR count). The number of nitrogens with one attached hydrogen (secondary N) is 1. The fourth-order valence-corrected chi connectivity index (χ4v) is 0.985. The first-order valence-electron chi connectivity index (χ1n) is 3.86.